The van der Waals surface area contributed by atoms with Crippen LogP contribution in [-0.2, 0) is 4.79 Å². The number of ether oxygens (including phenoxy) is 1. The fourth-order valence-corrected chi connectivity index (χ4v) is 2.96. The molecule has 0 bridgehead atoms. The molecule has 2 aromatic carbocycles. The number of carbonyl (C=O) groups is 2. The number of hydrogen-bond acceptors (Lipinski definition) is 4. The second-order valence-electron chi connectivity index (χ2n) is 6.04. The van der Waals surface area contributed by atoms with Crippen molar-refractivity contribution in [3.8, 4) is 11.8 Å². The molecule has 132 valence electrons. The molecule has 5 nitrogen and oxygen atoms in total. The summed E-state index contributed by atoms with van der Waals surface area (Å²) in [7, 11) is 0. The van der Waals surface area contributed by atoms with Crippen LogP contribution >= 0.6 is 11.6 Å². The molecule has 0 aliphatic carbocycles. The Labute approximate surface area is 156 Å². The zero-order valence-electron chi connectivity index (χ0n) is 14.0. The van der Waals surface area contributed by atoms with Gasteiger partial charge in [0.1, 0.15) is 5.75 Å². The summed E-state index contributed by atoms with van der Waals surface area (Å²) < 4.78 is 5.81. The molecule has 1 heterocycles. The molecular formula is C20H17ClN2O3. The van der Waals surface area contributed by atoms with Gasteiger partial charge in [-0.05, 0) is 67.8 Å². The molecule has 1 fully saturated rings. The van der Waals surface area contributed by atoms with Crippen LogP contribution in [0, 0.1) is 11.3 Å². The molecule has 1 atom stereocenters. The quantitative estimate of drug-likeness (QED) is 0.772. The van der Waals surface area contributed by atoms with E-state index in [1.807, 2.05) is 6.07 Å². The third-order valence-corrected chi connectivity index (χ3v) is 4.49. The molecule has 0 saturated carbocycles. The first-order valence-electron chi connectivity index (χ1n) is 8.36. The van der Waals surface area contributed by atoms with Crippen LogP contribution in [0.25, 0.3) is 0 Å². The zero-order chi connectivity index (χ0) is 18.5. The predicted molar refractivity (Wildman–Crippen MR) is 96.9 cm³/mol. The van der Waals surface area contributed by atoms with Gasteiger partial charge >= 0.3 is 0 Å². The van der Waals surface area contributed by atoms with E-state index in [0.29, 0.717) is 34.9 Å². The van der Waals surface area contributed by atoms with Crippen molar-refractivity contribution in [2.45, 2.75) is 25.4 Å². The minimum Gasteiger partial charge on any atom is -0.481 e. The van der Waals surface area contributed by atoms with Crippen molar-refractivity contribution < 1.29 is 14.3 Å². The van der Waals surface area contributed by atoms with Crippen LogP contribution in [-0.4, -0.2) is 29.4 Å². The first-order valence-corrected chi connectivity index (χ1v) is 8.74. The summed E-state index contributed by atoms with van der Waals surface area (Å²) >= 11 is 5.86. The van der Waals surface area contributed by atoms with Crippen molar-refractivity contribution in [2.75, 3.05) is 6.54 Å². The number of carbonyl (C=O) groups excluding carboxylic acids is 2. The monoisotopic (exact) mass is 368 g/mol. The fourth-order valence-electron chi connectivity index (χ4n) is 2.84. The van der Waals surface area contributed by atoms with Gasteiger partial charge in [0.2, 0.25) is 0 Å². The van der Waals surface area contributed by atoms with Crippen molar-refractivity contribution >= 4 is 23.4 Å². The van der Waals surface area contributed by atoms with E-state index in [-0.39, 0.29) is 11.8 Å². The summed E-state index contributed by atoms with van der Waals surface area (Å²) in [5.74, 6) is -0.183. The highest BCUT2D eigenvalue weighted by atomic mass is 35.5. The Morgan fingerprint density at radius 1 is 1.12 bits per heavy atom. The van der Waals surface area contributed by atoms with E-state index in [2.05, 4.69) is 0 Å². The molecular weight excluding hydrogens is 352 g/mol. The van der Waals surface area contributed by atoms with Crippen molar-refractivity contribution in [1.82, 2.24) is 4.90 Å². The van der Waals surface area contributed by atoms with Crippen molar-refractivity contribution in [3.05, 3.63) is 64.7 Å². The molecule has 0 unspecified atom stereocenters. The molecule has 0 spiro atoms. The van der Waals surface area contributed by atoms with Crippen LogP contribution in [0.3, 0.4) is 0 Å². The van der Waals surface area contributed by atoms with E-state index in [0.717, 1.165) is 12.8 Å². The Hall–Kier alpha value is -2.84. The summed E-state index contributed by atoms with van der Waals surface area (Å²) in [6.07, 6.45) is 1.35. The number of rotatable bonds is 3. The zero-order valence-corrected chi connectivity index (χ0v) is 14.8. The summed E-state index contributed by atoms with van der Waals surface area (Å²) in [5, 5.41) is 9.39. The Balaban J connectivity index is 1.77. The molecule has 0 N–H and O–H groups in total. The summed E-state index contributed by atoms with van der Waals surface area (Å²) in [5.41, 5.74) is 0.936. The van der Waals surface area contributed by atoms with Gasteiger partial charge in [-0.2, -0.15) is 5.26 Å². The van der Waals surface area contributed by atoms with Crippen LogP contribution in [0.1, 0.15) is 35.2 Å². The lowest BCUT2D eigenvalue weighted by atomic mass is 10.1. The first-order chi connectivity index (χ1) is 12.6. The molecule has 1 aliphatic rings. The van der Waals surface area contributed by atoms with Gasteiger partial charge in [0.05, 0.1) is 11.6 Å². The molecule has 1 aliphatic heterocycles. The lowest BCUT2D eigenvalue weighted by Gasteiger charge is -2.23. The number of nitrogens with zero attached hydrogens (tertiary/aromatic N) is 2. The number of likely N-dealkylation sites (tertiary alicyclic amines) is 1. The molecule has 0 radical (unpaired) electrons. The highest BCUT2D eigenvalue weighted by Crippen LogP contribution is 2.22. The van der Waals surface area contributed by atoms with Gasteiger partial charge < -0.3 is 4.74 Å². The molecule has 0 aromatic heterocycles. The van der Waals surface area contributed by atoms with E-state index in [1.165, 1.54) is 4.90 Å². The van der Waals surface area contributed by atoms with E-state index >= 15 is 0 Å². The number of amides is 2. The van der Waals surface area contributed by atoms with Crippen LogP contribution < -0.4 is 4.74 Å². The van der Waals surface area contributed by atoms with Crippen molar-refractivity contribution in [3.63, 3.8) is 0 Å². The Kier molecular flexibility index (Phi) is 5.55. The van der Waals surface area contributed by atoms with Gasteiger partial charge in [0, 0.05) is 17.1 Å². The number of nitriles is 1. The van der Waals surface area contributed by atoms with Gasteiger partial charge in [-0.3, -0.25) is 14.5 Å². The molecule has 3 rings (SSSR count). The summed E-state index contributed by atoms with van der Waals surface area (Å²) in [6.45, 7) is 0.369. The Bertz CT molecular complexity index is 841. The Morgan fingerprint density at radius 3 is 2.46 bits per heavy atom. The Morgan fingerprint density at radius 2 is 1.81 bits per heavy atom. The maximum Gasteiger partial charge on any atom is 0.270 e. The number of hydrogen-bond donors (Lipinski definition) is 0. The minimum atomic E-state index is -0.721. The lowest BCUT2D eigenvalue weighted by Crippen LogP contribution is -2.44. The third-order valence-electron chi connectivity index (χ3n) is 4.24. The second kappa shape index (κ2) is 8.03. The molecule has 2 amide bonds. The second-order valence-corrected chi connectivity index (χ2v) is 6.48. The molecule has 26 heavy (non-hydrogen) atoms. The first kappa shape index (κ1) is 18.0. The number of imide groups is 1. The topological polar surface area (TPSA) is 70.4 Å². The summed E-state index contributed by atoms with van der Waals surface area (Å²) in [6, 6.07) is 15.1. The minimum absolute atomic E-state index is 0.341. The largest absolute Gasteiger partial charge is 0.481 e. The number of halogens is 1. The maximum absolute atomic E-state index is 12.9. The average Bonchev–Trinajstić information content (AvgIpc) is 2.84. The van der Waals surface area contributed by atoms with E-state index < -0.39 is 6.10 Å². The normalized spacial score (nSPS) is 17.3. The SMILES string of the molecule is N#Cc1ccc(O[C@H]2CCCCN(C(=O)c3ccc(Cl)cc3)C2=O)cc1. The van der Waals surface area contributed by atoms with Crippen molar-refractivity contribution in [1.29, 1.82) is 5.26 Å². The highest BCUT2D eigenvalue weighted by molar-refractivity contribution is 6.30. The van der Waals surface area contributed by atoms with Gasteiger partial charge in [-0.25, -0.2) is 0 Å². The molecule has 6 heteroatoms. The lowest BCUT2D eigenvalue weighted by molar-refractivity contribution is -0.135. The predicted octanol–water partition coefficient (Wildman–Crippen LogP) is 3.81. The van der Waals surface area contributed by atoms with Crippen LogP contribution in [0.5, 0.6) is 5.75 Å². The smallest absolute Gasteiger partial charge is 0.270 e. The van der Waals surface area contributed by atoms with Gasteiger partial charge in [0.15, 0.2) is 6.10 Å². The van der Waals surface area contributed by atoms with Crippen LogP contribution in [0.15, 0.2) is 48.5 Å². The van der Waals surface area contributed by atoms with E-state index in [4.69, 9.17) is 21.6 Å². The van der Waals surface area contributed by atoms with E-state index in [9.17, 15) is 9.59 Å². The van der Waals surface area contributed by atoms with Crippen molar-refractivity contribution in [2.24, 2.45) is 0 Å². The highest BCUT2D eigenvalue weighted by Gasteiger charge is 2.32. The standard InChI is InChI=1S/C20H17ClN2O3/c21-16-8-6-15(7-9-16)19(24)23-12-2-1-3-18(20(23)25)26-17-10-4-14(13-22)5-11-17/h4-11,18H,1-3,12H2/t18-/m0/s1. The van der Waals surface area contributed by atoms with E-state index in [1.54, 1.807) is 48.5 Å². The molecule has 1 saturated heterocycles. The fraction of sp³-hybridized carbons (Fsp3) is 0.250. The van der Waals surface area contributed by atoms with Gasteiger partial charge in [-0.1, -0.05) is 11.6 Å². The van der Waals surface area contributed by atoms with Gasteiger partial charge in [0.25, 0.3) is 11.8 Å². The third kappa shape index (κ3) is 4.04. The maximum atomic E-state index is 12.9. The van der Waals surface area contributed by atoms with Crippen LogP contribution in [0.2, 0.25) is 5.02 Å². The molecule has 2 aromatic rings. The average molecular weight is 369 g/mol. The number of benzene rings is 2. The van der Waals surface area contributed by atoms with Crippen LogP contribution in [0.4, 0.5) is 0 Å². The van der Waals surface area contributed by atoms with Gasteiger partial charge in [-0.15, -0.1) is 0 Å². The summed E-state index contributed by atoms with van der Waals surface area (Å²) in [4.78, 5) is 26.8.